The lowest BCUT2D eigenvalue weighted by molar-refractivity contribution is -0.134. The number of esters is 1. The molecular formula is C18H14Cl2N2O3. The Morgan fingerprint density at radius 1 is 1.12 bits per heavy atom. The van der Waals surface area contributed by atoms with E-state index in [4.69, 9.17) is 27.9 Å². The molecule has 0 saturated carbocycles. The van der Waals surface area contributed by atoms with Gasteiger partial charge in [-0.3, -0.25) is 9.59 Å². The lowest BCUT2D eigenvalue weighted by atomic mass is 10.2. The van der Waals surface area contributed by atoms with Crippen LogP contribution < -0.4 is 10.3 Å². The molecular weight excluding hydrogens is 363 g/mol. The molecule has 0 fully saturated rings. The van der Waals surface area contributed by atoms with Crippen LogP contribution in [0, 0.1) is 0 Å². The largest absolute Gasteiger partial charge is 0.425 e. The molecule has 0 amide bonds. The molecule has 0 aliphatic rings. The van der Waals surface area contributed by atoms with Gasteiger partial charge in [0.15, 0.2) is 5.75 Å². The van der Waals surface area contributed by atoms with Gasteiger partial charge in [-0.25, -0.2) is 4.98 Å². The minimum atomic E-state index is -0.424. The Morgan fingerprint density at radius 3 is 2.76 bits per heavy atom. The number of aromatic amines is 1. The van der Waals surface area contributed by atoms with Gasteiger partial charge >= 0.3 is 5.97 Å². The van der Waals surface area contributed by atoms with Crippen molar-refractivity contribution in [2.45, 2.75) is 19.3 Å². The molecule has 3 aromatic rings. The zero-order valence-corrected chi connectivity index (χ0v) is 14.6. The summed E-state index contributed by atoms with van der Waals surface area (Å²) in [5.74, 6) is 0.348. The van der Waals surface area contributed by atoms with Gasteiger partial charge in [-0.15, -0.1) is 0 Å². The number of nitrogens with zero attached hydrogens (tertiary/aromatic N) is 1. The van der Waals surface area contributed by atoms with Crippen LogP contribution in [0.5, 0.6) is 5.75 Å². The number of carbonyl (C=O) groups excluding carboxylic acids is 1. The Kier molecular flexibility index (Phi) is 5.36. The highest BCUT2D eigenvalue weighted by atomic mass is 35.5. The second kappa shape index (κ2) is 7.68. The molecule has 0 aliphatic heterocycles. The van der Waals surface area contributed by atoms with Gasteiger partial charge in [-0.2, -0.15) is 0 Å². The summed E-state index contributed by atoms with van der Waals surface area (Å²) in [5, 5.41) is 1.07. The van der Waals surface area contributed by atoms with Gasteiger partial charge in [-0.05, 0) is 30.7 Å². The van der Waals surface area contributed by atoms with Gasteiger partial charge in [0.2, 0.25) is 0 Å². The molecule has 0 bridgehead atoms. The van der Waals surface area contributed by atoms with Crippen molar-refractivity contribution in [3.8, 4) is 5.75 Å². The van der Waals surface area contributed by atoms with Crippen LogP contribution in [0.1, 0.15) is 18.7 Å². The maximum atomic E-state index is 12.0. The maximum absolute atomic E-state index is 12.0. The summed E-state index contributed by atoms with van der Waals surface area (Å²) in [4.78, 5) is 31.1. The van der Waals surface area contributed by atoms with Gasteiger partial charge < -0.3 is 9.72 Å². The zero-order valence-electron chi connectivity index (χ0n) is 13.1. The highest BCUT2D eigenvalue weighted by Crippen LogP contribution is 2.31. The third kappa shape index (κ3) is 4.18. The van der Waals surface area contributed by atoms with Gasteiger partial charge in [0.25, 0.3) is 5.56 Å². The predicted octanol–water partition coefficient (Wildman–Crippen LogP) is 4.16. The number of fused-ring (bicyclic) bond motifs is 1. The highest BCUT2D eigenvalue weighted by molar-refractivity contribution is 6.43. The number of hydrogen-bond donors (Lipinski definition) is 1. The van der Waals surface area contributed by atoms with Crippen molar-refractivity contribution in [3.63, 3.8) is 0 Å². The van der Waals surface area contributed by atoms with E-state index in [9.17, 15) is 9.59 Å². The van der Waals surface area contributed by atoms with Crippen LogP contribution in [0.15, 0.2) is 47.3 Å². The van der Waals surface area contributed by atoms with Crippen LogP contribution >= 0.6 is 23.2 Å². The van der Waals surface area contributed by atoms with Crippen LogP contribution in [0.3, 0.4) is 0 Å². The molecule has 0 radical (unpaired) electrons. The van der Waals surface area contributed by atoms with E-state index in [1.54, 1.807) is 36.4 Å². The summed E-state index contributed by atoms with van der Waals surface area (Å²) in [6.45, 7) is 0. The Balaban J connectivity index is 1.60. The van der Waals surface area contributed by atoms with Gasteiger partial charge in [0.1, 0.15) is 10.8 Å². The molecule has 0 saturated heterocycles. The van der Waals surface area contributed by atoms with E-state index in [2.05, 4.69) is 9.97 Å². The zero-order chi connectivity index (χ0) is 17.8. The first-order valence-corrected chi connectivity index (χ1v) is 8.43. The molecule has 5 nitrogen and oxygen atoms in total. The van der Waals surface area contributed by atoms with Crippen LogP contribution in [0.4, 0.5) is 0 Å². The highest BCUT2D eigenvalue weighted by Gasteiger charge is 2.11. The average molecular weight is 377 g/mol. The van der Waals surface area contributed by atoms with E-state index >= 15 is 0 Å². The van der Waals surface area contributed by atoms with E-state index in [0.29, 0.717) is 34.6 Å². The predicted molar refractivity (Wildman–Crippen MR) is 97.4 cm³/mol. The lowest BCUT2D eigenvalue weighted by Gasteiger charge is -2.07. The monoisotopic (exact) mass is 376 g/mol. The third-order valence-electron chi connectivity index (χ3n) is 3.60. The summed E-state index contributed by atoms with van der Waals surface area (Å²) >= 11 is 11.9. The second-order valence-electron chi connectivity index (χ2n) is 5.41. The number of hydrogen-bond acceptors (Lipinski definition) is 4. The van der Waals surface area contributed by atoms with E-state index in [1.165, 1.54) is 0 Å². The molecule has 25 heavy (non-hydrogen) atoms. The normalized spacial score (nSPS) is 10.8. The smallest absolute Gasteiger partial charge is 0.311 e. The summed E-state index contributed by atoms with van der Waals surface area (Å²) in [6.07, 6.45) is 1.11. The quantitative estimate of drug-likeness (QED) is 0.535. The lowest BCUT2D eigenvalue weighted by Crippen LogP contribution is -2.13. The van der Waals surface area contributed by atoms with E-state index in [1.807, 2.05) is 6.07 Å². The molecule has 0 unspecified atom stereocenters. The molecule has 2 aromatic carbocycles. The van der Waals surface area contributed by atoms with Crippen molar-refractivity contribution in [1.82, 2.24) is 9.97 Å². The standard InChI is InChI=1S/C18H14Cl2N2O3/c19-12-6-3-8-14(17(12)20)25-16(23)10-4-9-15-21-13-7-2-1-5-11(13)18(24)22-15/h1-3,5-8H,4,9-10H2,(H,21,22,24). The molecule has 1 heterocycles. The van der Waals surface area contributed by atoms with Crippen molar-refractivity contribution >= 4 is 40.1 Å². The average Bonchev–Trinajstić information content (AvgIpc) is 2.59. The van der Waals surface area contributed by atoms with E-state index in [0.717, 1.165) is 0 Å². The number of H-pyrrole nitrogens is 1. The summed E-state index contributed by atoms with van der Waals surface area (Å²) in [7, 11) is 0. The number of ether oxygens (including phenoxy) is 1. The molecule has 1 N–H and O–H groups in total. The first-order valence-electron chi connectivity index (χ1n) is 7.67. The minimum Gasteiger partial charge on any atom is -0.425 e. The fourth-order valence-electron chi connectivity index (χ4n) is 2.39. The third-order valence-corrected chi connectivity index (χ3v) is 4.40. The van der Waals surface area contributed by atoms with Gasteiger partial charge in [0.05, 0.1) is 15.9 Å². The van der Waals surface area contributed by atoms with Crippen molar-refractivity contribution in [2.75, 3.05) is 0 Å². The molecule has 0 atom stereocenters. The number of halogens is 2. The number of nitrogens with one attached hydrogen (secondary N) is 1. The number of aryl methyl sites for hydroxylation is 1. The fourth-order valence-corrected chi connectivity index (χ4v) is 2.72. The molecule has 1 aromatic heterocycles. The second-order valence-corrected chi connectivity index (χ2v) is 6.19. The van der Waals surface area contributed by atoms with Crippen LogP contribution in [-0.2, 0) is 11.2 Å². The van der Waals surface area contributed by atoms with Crippen LogP contribution in [0.2, 0.25) is 10.0 Å². The van der Waals surface area contributed by atoms with Crippen molar-refractivity contribution in [3.05, 3.63) is 68.7 Å². The van der Waals surface area contributed by atoms with E-state index in [-0.39, 0.29) is 22.8 Å². The topological polar surface area (TPSA) is 72.0 Å². The Bertz CT molecular complexity index is 985. The summed E-state index contributed by atoms with van der Waals surface area (Å²) in [6, 6.07) is 12.0. The molecule has 128 valence electrons. The van der Waals surface area contributed by atoms with Crippen LogP contribution in [0.25, 0.3) is 10.9 Å². The maximum Gasteiger partial charge on any atom is 0.311 e. The molecule has 0 spiro atoms. The van der Waals surface area contributed by atoms with Crippen molar-refractivity contribution in [1.29, 1.82) is 0 Å². The number of rotatable bonds is 5. The Hall–Kier alpha value is -2.37. The van der Waals surface area contributed by atoms with Crippen molar-refractivity contribution in [2.24, 2.45) is 0 Å². The molecule has 0 aliphatic carbocycles. The molecule has 3 rings (SSSR count). The van der Waals surface area contributed by atoms with E-state index < -0.39 is 5.97 Å². The summed E-state index contributed by atoms with van der Waals surface area (Å²) < 4.78 is 5.21. The van der Waals surface area contributed by atoms with Gasteiger partial charge in [-0.1, -0.05) is 41.4 Å². The van der Waals surface area contributed by atoms with Crippen LogP contribution in [-0.4, -0.2) is 15.9 Å². The Morgan fingerprint density at radius 2 is 1.92 bits per heavy atom. The van der Waals surface area contributed by atoms with Gasteiger partial charge in [0, 0.05) is 12.8 Å². The van der Waals surface area contributed by atoms with Crippen molar-refractivity contribution < 1.29 is 9.53 Å². The number of aromatic nitrogens is 2. The fraction of sp³-hybridized carbons (Fsp3) is 0.167. The first-order chi connectivity index (χ1) is 12.0. The minimum absolute atomic E-state index is 0.166. The molecule has 7 heteroatoms. The summed E-state index contributed by atoms with van der Waals surface area (Å²) in [5.41, 5.74) is 0.448. The number of benzene rings is 2. The first kappa shape index (κ1) is 17.5. The number of para-hydroxylation sites is 1. The Labute approximate surface area is 153 Å². The SMILES string of the molecule is O=C(CCCc1nc2ccccc2c(=O)[nH]1)Oc1cccc(Cl)c1Cl. The number of carbonyl (C=O) groups is 1.